The summed E-state index contributed by atoms with van der Waals surface area (Å²) in [5, 5.41) is 8.62. The van der Waals surface area contributed by atoms with E-state index in [0.717, 1.165) is 25.4 Å². The number of ether oxygens (including phenoxy) is 1. The van der Waals surface area contributed by atoms with E-state index in [1.54, 1.807) is 0 Å². The average Bonchev–Trinajstić information content (AvgIpc) is 2.26. The Balaban J connectivity index is 2.29. The van der Waals surface area contributed by atoms with Gasteiger partial charge in [0, 0.05) is 0 Å². The second kappa shape index (κ2) is 6.63. The summed E-state index contributed by atoms with van der Waals surface area (Å²) in [6, 6.07) is 2.18. The summed E-state index contributed by atoms with van der Waals surface area (Å²) in [5.74, 6) is 1.36. The van der Waals surface area contributed by atoms with Crippen molar-refractivity contribution in [2.24, 2.45) is 11.8 Å². The van der Waals surface area contributed by atoms with Crippen LogP contribution in [-0.4, -0.2) is 12.7 Å². The quantitative estimate of drug-likeness (QED) is 0.648. The molecule has 0 spiro atoms. The van der Waals surface area contributed by atoms with Gasteiger partial charge in [0.1, 0.15) is 0 Å². The third-order valence-electron chi connectivity index (χ3n) is 3.24. The minimum absolute atomic E-state index is 0.133. The molecule has 0 fully saturated rings. The van der Waals surface area contributed by atoms with Gasteiger partial charge in [-0.2, -0.15) is 5.26 Å². The number of nitrogens with zero attached hydrogens (tertiary/aromatic N) is 1. The molecule has 0 heterocycles. The SMILES string of the molecule is CCC(CC#N)OCC1CC=CCC1C. The molecule has 0 saturated heterocycles. The molecule has 0 amide bonds. The first kappa shape index (κ1) is 12.3. The van der Waals surface area contributed by atoms with E-state index in [9.17, 15) is 0 Å². The van der Waals surface area contributed by atoms with Crippen LogP contribution < -0.4 is 0 Å². The summed E-state index contributed by atoms with van der Waals surface area (Å²) < 4.78 is 5.79. The van der Waals surface area contributed by atoms with Crippen molar-refractivity contribution >= 4 is 0 Å². The van der Waals surface area contributed by atoms with Crippen molar-refractivity contribution in [3.8, 4) is 6.07 Å². The minimum atomic E-state index is 0.133. The van der Waals surface area contributed by atoms with Crippen molar-refractivity contribution in [3.05, 3.63) is 12.2 Å². The topological polar surface area (TPSA) is 33.0 Å². The van der Waals surface area contributed by atoms with Gasteiger partial charge in [-0.05, 0) is 31.1 Å². The molecule has 1 aliphatic carbocycles. The lowest BCUT2D eigenvalue weighted by Gasteiger charge is -2.26. The van der Waals surface area contributed by atoms with Crippen LogP contribution in [0.5, 0.6) is 0 Å². The smallest absolute Gasteiger partial charge is 0.0702 e. The summed E-state index contributed by atoms with van der Waals surface area (Å²) >= 11 is 0. The van der Waals surface area contributed by atoms with Gasteiger partial charge in [0.05, 0.1) is 25.2 Å². The van der Waals surface area contributed by atoms with Gasteiger partial charge in [-0.25, -0.2) is 0 Å². The van der Waals surface area contributed by atoms with Crippen LogP contribution in [-0.2, 0) is 4.74 Å². The van der Waals surface area contributed by atoms with Crippen LogP contribution in [0.4, 0.5) is 0 Å². The molecule has 0 aromatic carbocycles. The molecule has 0 radical (unpaired) electrons. The molecule has 2 heteroatoms. The molecule has 1 rings (SSSR count). The summed E-state index contributed by atoms with van der Waals surface area (Å²) in [7, 11) is 0. The van der Waals surface area contributed by atoms with Crippen molar-refractivity contribution in [2.45, 2.75) is 45.6 Å². The van der Waals surface area contributed by atoms with Crippen molar-refractivity contribution in [1.29, 1.82) is 5.26 Å². The molecule has 0 N–H and O–H groups in total. The van der Waals surface area contributed by atoms with Gasteiger partial charge in [0.15, 0.2) is 0 Å². The molecule has 2 nitrogen and oxygen atoms in total. The first-order valence-corrected chi connectivity index (χ1v) is 5.91. The Hall–Kier alpha value is -0.810. The highest BCUT2D eigenvalue weighted by atomic mass is 16.5. The Morgan fingerprint density at radius 2 is 2.20 bits per heavy atom. The average molecular weight is 207 g/mol. The molecule has 0 aromatic rings. The Morgan fingerprint density at radius 1 is 1.47 bits per heavy atom. The van der Waals surface area contributed by atoms with Gasteiger partial charge in [0.2, 0.25) is 0 Å². The largest absolute Gasteiger partial charge is 0.377 e. The third-order valence-corrected chi connectivity index (χ3v) is 3.24. The van der Waals surface area contributed by atoms with E-state index in [1.165, 1.54) is 6.42 Å². The summed E-state index contributed by atoms with van der Waals surface area (Å²) in [5.41, 5.74) is 0. The zero-order valence-electron chi connectivity index (χ0n) is 9.78. The molecule has 0 bridgehead atoms. The lowest BCUT2D eigenvalue weighted by atomic mass is 9.85. The normalized spacial score (nSPS) is 27.3. The first-order chi connectivity index (χ1) is 7.27. The Labute approximate surface area is 92.9 Å². The predicted octanol–water partition coefficient (Wildman–Crippen LogP) is 3.30. The Bertz CT molecular complexity index is 241. The molecule has 3 unspecified atom stereocenters. The third kappa shape index (κ3) is 4.05. The fourth-order valence-corrected chi connectivity index (χ4v) is 1.92. The Morgan fingerprint density at radius 3 is 2.80 bits per heavy atom. The minimum Gasteiger partial charge on any atom is -0.377 e. The van der Waals surface area contributed by atoms with Gasteiger partial charge in [-0.1, -0.05) is 26.0 Å². The van der Waals surface area contributed by atoms with Crippen LogP contribution in [0.25, 0.3) is 0 Å². The van der Waals surface area contributed by atoms with Crippen molar-refractivity contribution < 1.29 is 4.74 Å². The highest BCUT2D eigenvalue weighted by molar-refractivity contribution is 4.93. The highest BCUT2D eigenvalue weighted by Gasteiger charge is 2.19. The molecule has 1 aliphatic rings. The summed E-state index contributed by atoms with van der Waals surface area (Å²) in [6.45, 7) is 5.17. The van der Waals surface area contributed by atoms with Crippen LogP contribution in [0.3, 0.4) is 0 Å². The summed E-state index contributed by atoms with van der Waals surface area (Å²) in [6.07, 6.45) is 8.39. The van der Waals surface area contributed by atoms with Gasteiger partial charge in [-0.3, -0.25) is 0 Å². The van der Waals surface area contributed by atoms with E-state index in [0.29, 0.717) is 12.3 Å². The van der Waals surface area contributed by atoms with Crippen LogP contribution in [0.2, 0.25) is 0 Å². The van der Waals surface area contributed by atoms with Gasteiger partial charge in [0.25, 0.3) is 0 Å². The van der Waals surface area contributed by atoms with E-state index in [2.05, 4.69) is 32.1 Å². The molecule has 0 saturated carbocycles. The van der Waals surface area contributed by atoms with Gasteiger partial charge < -0.3 is 4.74 Å². The van der Waals surface area contributed by atoms with Crippen molar-refractivity contribution in [2.75, 3.05) is 6.61 Å². The number of allylic oxidation sites excluding steroid dienone is 2. The molecule has 0 aliphatic heterocycles. The van der Waals surface area contributed by atoms with E-state index in [4.69, 9.17) is 10.00 Å². The van der Waals surface area contributed by atoms with E-state index >= 15 is 0 Å². The Kier molecular flexibility index (Phi) is 5.42. The lowest BCUT2D eigenvalue weighted by Crippen LogP contribution is -2.23. The highest BCUT2D eigenvalue weighted by Crippen LogP contribution is 2.25. The number of hydrogen-bond donors (Lipinski definition) is 0. The predicted molar refractivity (Wildman–Crippen MR) is 61.3 cm³/mol. The standard InChI is InChI=1S/C13H21NO/c1-3-13(8-9-14)15-10-12-7-5-4-6-11(12)2/h4-5,11-13H,3,6-8,10H2,1-2H3. The van der Waals surface area contributed by atoms with E-state index in [1.807, 2.05) is 0 Å². The maximum atomic E-state index is 8.62. The summed E-state index contributed by atoms with van der Waals surface area (Å²) in [4.78, 5) is 0. The molecule has 0 aromatic heterocycles. The van der Waals surface area contributed by atoms with Crippen LogP contribution in [0.1, 0.15) is 39.5 Å². The van der Waals surface area contributed by atoms with Crippen LogP contribution >= 0.6 is 0 Å². The van der Waals surface area contributed by atoms with Crippen LogP contribution in [0.15, 0.2) is 12.2 Å². The van der Waals surface area contributed by atoms with Crippen molar-refractivity contribution in [1.82, 2.24) is 0 Å². The van der Waals surface area contributed by atoms with Gasteiger partial charge >= 0.3 is 0 Å². The molecule has 84 valence electrons. The second-order valence-electron chi connectivity index (χ2n) is 4.41. The number of rotatable bonds is 5. The molecular weight excluding hydrogens is 186 g/mol. The molecule has 3 atom stereocenters. The second-order valence-corrected chi connectivity index (χ2v) is 4.41. The molecule has 15 heavy (non-hydrogen) atoms. The lowest BCUT2D eigenvalue weighted by molar-refractivity contribution is 0.0172. The monoisotopic (exact) mass is 207 g/mol. The van der Waals surface area contributed by atoms with Crippen molar-refractivity contribution in [3.63, 3.8) is 0 Å². The maximum absolute atomic E-state index is 8.62. The fourth-order valence-electron chi connectivity index (χ4n) is 1.92. The van der Waals surface area contributed by atoms with Gasteiger partial charge in [-0.15, -0.1) is 0 Å². The van der Waals surface area contributed by atoms with Crippen LogP contribution in [0, 0.1) is 23.2 Å². The zero-order chi connectivity index (χ0) is 11.1. The van der Waals surface area contributed by atoms with E-state index < -0.39 is 0 Å². The number of nitriles is 1. The number of hydrogen-bond acceptors (Lipinski definition) is 2. The fraction of sp³-hybridized carbons (Fsp3) is 0.769. The zero-order valence-corrected chi connectivity index (χ0v) is 9.78. The maximum Gasteiger partial charge on any atom is 0.0702 e. The first-order valence-electron chi connectivity index (χ1n) is 5.91. The van der Waals surface area contributed by atoms with E-state index in [-0.39, 0.29) is 6.10 Å². The molecular formula is C13H21NO.